The Hall–Kier alpha value is -1.51. The molecule has 0 aliphatic carbocycles. The van der Waals surface area contributed by atoms with E-state index in [1.54, 1.807) is 0 Å². The van der Waals surface area contributed by atoms with Crippen LogP contribution in [0.4, 0.5) is 5.69 Å². The molecule has 1 saturated heterocycles. The topological polar surface area (TPSA) is 23.6 Å². The van der Waals surface area contributed by atoms with Crippen molar-refractivity contribution >= 4 is 11.6 Å². The van der Waals surface area contributed by atoms with Crippen LogP contribution in [0, 0.1) is 5.92 Å². The van der Waals surface area contributed by atoms with Crippen LogP contribution in [0.5, 0.6) is 0 Å². The minimum atomic E-state index is 0.114. The number of hydrogen-bond donors (Lipinski definition) is 0. The molecular weight excluding hydrogens is 260 g/mol. The van der Waals surface area contributed by atoms with Gasteiger partial charge in [-0.15, -0.1) is 0 Å². The van der Waals surface area contributed by atoms with E-state index in [2.05, 4.69) is 36.1 Å². The monoisotopic (exact) mass is 288 g/mol. The molecule has 116 valence electrons. The molecule has 0 spiro atoms. The van der Waals surface area contributed by atoms with Gasteiger partial charge in [0.1, 0.15) is 0 Å². The summed E-state index contributed by atoms with van der Waals surface area (Å²) in [6.45, 7) is 7.10. The van der Waals surface area contributed by atoms with Crippen LogP contribution in [-0.2, 0) is 11.3 Å². The minimum absolute atomic E-state index is 0.114. The Bertz CT molecular complexity index is 449. The van der Waals surface area contributed by atoms with Gasteiger partial charge in [0.05, 0.1) is 0 Å². The van der Waals surface area contributed by atoms with E-state index in [1.807, 2.05) is 18.9 Å². The summed E-state index contributed by atoms with van der Waals surface area (Å²) in [5.74, 6) is 0.347. The van der Waals surface area contributed by atoms with Gasteiger partial charge >= 0.3 is 0 Å². The molecule has 1 unspecified atom stereocenters. The molecule has 3 heteroatoms. The summed E-state index contributed by atoms with van der Waals surface area (Å²) < 4.78 is 0. The third-order valence-corrected chi connectivity index (χ3v) is 4.49. The quantitative estimate of drug-likeness (QED) is 0.825. The molecule has 1 heterocycles. The zero-order chi connectivity index (χ0) is 15.2. The average molecular weight is 288 g/mol. The van der Waals surface area contributed by atoms with Gasteiger partial charge < -0.3 is 9.80 Å². The first kappa shape index (κ1) is 15.9. The maximum Gasteiger partial charge on any atom is 0.225 e. The van der Waals surface area contributed by atoms with Crippen LogP contribution < -0.4 is 4.90 Å². The lowest BCUT2D eigenvalue weighted by molar-refractivity contribution is -0.134. The number of carbonyl (C=O) groups is 1. The fourth-order valence-electron chi connectivity index (χ4n) is 2.87. The second kappa shape index (κ2) is 7.48. The van der Waals surface area contributed by atoms with E-state index in [9.17, 15) is 4.79 Å². The molecule has 1 aromatic rings. The van der Waals surface area contributed by atoms with E-state index in [0.29, 0.717) is 6.54 Å². The Kier molecular flexibility index (Phi) is 5.66. The largest absolute Gasteiger partial charge is 0.372 e. The smallest absolute Gasteiger partial charge is 0.225 e. The second-order valence-electron chi connectivity index (χ2n) is 6.22. The van der Waals surface area contributed by atoms with Gasteiger partial charge in [-0.3, -0.25) is 4.79 Å². The van der Waals surface area contributed by atoms with E-state index in [0.717, 1.165) is 6.42 Å². The summed E-state index contributed by atoms with van der Waals surface area (Å²) in [7, 11) is 1.90. The fraction of sp³-hybridized carbons (Fsp3) is 0.611. The van der Waals surface area contributed by atoms with Crippen molar-refractivity contribution in [1.82, 2.24) is 4.90 Å². The molecule has 1 aliphatic rings. The maximum atomic E-state index is 12.1. The molecule has 1 atom stereocenters. The molecule has 2 rings (SSSR count). The molecular formula is C18H28N2O. The molecule has 1 fully saturated rings. The lowest BCUT2D eigenvalue weighted by Crippen LogP contribution is -2.31. The van der Waals surface area contributed by atoms with Gasteiger partial charge in [-0.05, 0) is 43.4 Å². The highest BCUT2D eigenvalue weighted by Crippen LogP contribution is 2.20. The third-order valence-electron chi connectivity index (χ3n) is 4.49. The van der Waals surface area contributed by atoms with Crippen molar-refractivity contribution in [2.24, 2.45) is 5.92 Å². The number of amides is 1. The Morgan fingerprint density at radius 3 is 2.38 bits per heavy atom. The molecule has 0 bridgehead atoms. The van der Waals surface area contributed by atoms with Crippen LogP contribution in [0.25, 0.3) is 0 Å². The summed E-state index contributed by atoms with van der Waals surface area (Å²) in [6, 6.07) is 8.71. The van der Waals surface area contributed by atoms with Gasteiger partial charge in [0.2, 0.25) is 5.91 Å². The number of nitrogens with zero attached hydrogens (tertiary/aromatic N) is 2. The van der Waals surface area contributed by atoms with Crippen LogP contribution >= 0.6 is 0 Å². The predicted octanol–water partition coefficient (Wildman–Crippen LogP) is 3.68. The molecule has 1 amide bonds. The van der Waals surface area contributed by atoms with Crippen molar-refractivity contribution in [2.75, 3.05) is 25.0 Å². The molecule has 1 aliphatic heterocycles. The standard InChI is InChI=1S/C18H28N2O/c1-4-15(2)18(21)19(3)14-16-8-10-17(11-9-16)20-12-6-5-7-13-20/h8-11,15H,4-7,12-14H2,1-3H3. The Labute approximate surface area is 128 Å². The number of benzene rings is 1. The molecule has 21 heavy (non-hydrogen) atoms. The van der Waals surface area contributed by atoms with Gasteiger partial charge in [0.25, 0.3) is 0 Å². The van der Waals surface area contributed by atoms with E-state index < -0.39 is 0 Å². The summed E-state index contributed by atoms with van der Waals surface area (Å²) in [5, 5.41) is 0. The van der Waals surface area contributed by atoms with E-state index in [4.69, 9.17) is 0 Å². The van der Waals surface area contributed by atoms with Crippen LogP contribution in [0.1, 0.15) is 45.1 Å². The van der Waals surface area contributed by atoms with Gasteiger partial charge in [-0.1, -0.05) is 26.0 Å². The first-order valence-corrected chi connectivity index (χ1v) is 8.20. The van der Waals surface area contributed by atoms with Gasteiger partial charge in [0.15, 0.2) is 0 Å². The van der Waals surface area contributed by atoms with Crippen LogP contribution in [0.3, 0.4) is 0 Å². The van der Waals surface area contributed by atoms with Crippen LogP contribution in [0.15, 0.2) is 24.3 Å². The average Bonchev–Trinajstić information content (AvgIpc) is 2.54. The summed E-state index contributed by atoms with van der Waals surface area (Å²) in [4.78, 5) is 16.4. The molecule has 1 aromatic carbocycles. The van der Waals surface area contributed by atoms with Gasteiger partial charge in [0, 0.05) is 38.3 Å². The molecule has 0 radical (unpaired) electrons. The van der Waals surface area contributed by atoms with Gasteiger partial charge in [-0.25, -0.2) is 0 Å². The summed E-state index contributed by atoms with van der Waals surface area (Å²) >= 11 is 0. The lowest BCUT2D eigenvalue weighted by atomic mass is 10.1. The van der Waals surface area contributed by atoms with Crippen molar-refractivity contribution < 1.29 is 4.79 Å². The zero-order valence-corrected chi connectivity index (χ0v) is 13.6. The normalized spacial score (nSPS) is 16.6. The summed E-state index contributed by atoms with van der Waals surface area (Å²) in [5.41, 5.74) is 2.52. The van der Waals surface area contributed by atoms with E-state index >= 15 is 0 Å². The highest BCUT2D eigenvalue weighted by atomic mass is 16.2. The van der Waals surface area contributed by atoms with Crippen molar-refractivity contribution in [3.63, 3.8) is 0 Å². The fourth-order valence-corrected chi connectivity index (χ4v) is 2.87. The highest BCUT2D eigenvalue weighted by Gasteiger charge is 2.16. The van der Waals surface area contributed by atoms with Crippen molar-refractivity contribution in [1.29, 1.82) is 0 Å². The second-order valence-corrected chi connectivity index (χ2v) is 6.22. The number of piperidine rings is 1. The lowest BCUT2D eigenvalue weighted by Gasteiger charge is -2.29. The highest BCUT2D eigenvalue weighted by molar-refractivity contribution is 5.78. The van der Waals surface area contributed by atoms with E-state index in [1.165, 1.54) is 43.6 Å². The van der Waals surface area contributed by atoms with Crippen molar-refractivity contribution in [3.8, 4) is 0 Å². The summed E-state index contributed by atoms with van der Waals surface area (Å²) in [6.07, 6.45) is 4.86. The third kappa shape index (κ3) is 4.23. The first-order valence-electron chi connectivity index (χ1n) is 8.20. The number of anilines is 1. The Morgan fingerprint density at radius 2 is 1.81 bits per heavy atom. The van der Waals surface area contributed by atoms with Gasteiger partial charge in [-0.2, -0.15) is 0 Å². The molecule has 0 aromatic heterocycles. The number of hydrogen-bond acceptors (Lipinski definition) is 2. The van der Waals surface area contributed by atoms with Crippen molar-refractivity contribution in [3.05, 3.63) is 29.8 Å². The predicted molar refractivity (Wildman–Crippen MR) is 88.4 cm³/mol. The minimum Gasteiger partial charge on any atom is -0.372 e. The van der Waals surface area contributed by atoms with Crippen molar-refractivity contribution in [2.45, 2.75) is 46.1 Å². The Balaban J connectivity index is 1.94. The maximum absolute atomic E-state index is 12.1. The number of rotatable bonds is 5. The Morgan fingerprint density at radius 1 is 1.19 bits per heavy atom. The zero-order valence-electron chi connectivity index (χ0n) is 13.6. The molecule has 0 N–H and O–H groups in total. The molecule has 3 nitrogen and oxygen atoms in total. The number of carbonyl (C=O) groups excluding carboxylic acids is 1. The first-order chi connectivity index (χ1) is 10.1. The SMILES string of the molecule is CCC(C)C(=O)N(C)Cc1ccc(N2CCCCC2)cc1. The van der Waals surface area contributed by atoms with Crippen LogP contribution in [0.2, 0.25) is 0 Å². The van der Waals surface area contributed by atoms with E-state index in [-0.39, 0.29) is 11.8 Å². The molecule has 0 saturated carbocycles. The van der Waals surface area contributed by atoms with Crippen LogP contribution in [-0.4, -0.2) is 30.9 Å².